The largest absolute Gasteiger partial charge is 0.493 e. The van der Waals surface area contributed by atoms with E-state index in [4.69, 9.17) is 28.9 Å². The van der Waals surface area contributed by atoms with E-state index in [2.05, 4.69) is 4.90 Å². The summed E-state index contributed by atoms with van der Waals surface area (Å²) in [6.07, 6.45) is 0.206. The number of fused-ring (bicyclic) bond motifs is 1. The Bertz CT molecular complexity index is 1170. The number of benzene rings is 2. The molecule has 2 aliphatic heterocycles. The second kappa shape index (κ2) is 10.6. The molecule has 35 heavy (non-hydrogen) atoms. The van der Waals surface area contributed by atoms with Gasteiger partial charge in [-0.15, -0.1) is 0 Å². The molecule has 9 nitrogen and oxygen atoms in total. The second-order valence-corrected chi connectivity index (χ2v) is 8.32. The average Bonchev–Trinajstić information content (AvgIpc) is 2.92. The normalized spacial score (nSPS) is 15.3. The molecule has 2 aliphatic rings. The van der Waals surface area contributed by atoms with Gasteiger partial charge in [0.2, 0.25) is 11.8 Å². The minimum Gasteiger partial charge on any atom is -0.493 e. The number of hydrogen-bond acceptors (Lipinski definition) is 8. The van der Waals surface area contributed by atoms with Crippen molar-refractivity contribution in [2.45, 2.75) is 19.6 Å². The summed E-state index contributed by atoms with van der Waals surface area (Å²) in [5.74, 6) is 2.17. The molecule has 3 aromatic rings. The van der Waals surface area contributed by atoms with E-state index in [0.29, 0.717) is 69.1 Å². The molecular formula is C26H28N4O5. The predicted octanol–water partition coefficient (Wildman–Crippen LogP) is 3.81. The zero-order valence-electron chi connectivity index (χ0n) is 19.7. The van der Waals surface area contributed by atoms with Crippen LogP contribution in [-0.2, 0) is 29.0 Å². The lowest BCUT2D eigenvalue weighted by molar-refractivity contribution is 0.0911. The summed E-state index contributed by atoms with van der Waals surface area (Å²) in [7, 11) is 1.60. The van der Waals surface area contributed by atoms with Crippen LogP contribution in [0.3, 0.4) is 0 Å². The maximum Gasteiger partial charge on any atom is 0.410 e. The first-order valence-corrected chi connectivity index (χ1v) is 11.7. The Kier molecular flexibility index (Phi) is 6.94. The summed E-state index contributed by atoms with van der Waals surface area (Å²) < 4.78 is 22.8. The molecule has 5 rings (SSSR count). The van der Waals surface area contributed by atoms with E-state index in [9.17, 15) is 4.79 Å². The minimum atomic E-state index is -0.375. The number of morpholine rings is 1. The smallest absolute Gasteiger partial charge is 0.410 e. The lowest BCUT2D eigenvalue weighted by Crippen LogP contribution is -2.39. The van der Waals surface area contributed by atoms with Crippen LogP contribution in [0.25, 0.3) is 0 Å². The fraction of sp³-hybridized carbons (Fsp3) is 0.346. The lowest BCUT2D eigenvalue weighted by atomic mass is 10.1. The first-order chi connectivity index (χ1) is 17.2. The molecule has 3 heterocycles. The number of anilines is 1. The van der Waals surface area contributed by atoms with Crippen molar-refractivity contribution < 1.29 is 23.7 Å². The van der Waals surface area contributed by atoms with Gasteiger partial charge in [-0.1, -0.05) is 42.5 Å². The summed E-state index contributed by atoms with van der Waals surface area (Å²) in [6, 6.07) is 17.1. The highest BCUT2D eigenvalue weighted by atomic mass is 16.6. The molecule has 0 bridgehead atoms. The predicted molar refractivity (Wildman–Crippen MR) is 129 cm³/mol. The van der Waals surface area contributed by atoms with Gasteiger partial charge in [0.1, 0.15) is 6.61 Å². The van der Waals surface area contributed by atoms with Gasteiger partial charge < -0.3 is 28.7 Å². The van der Waals surface area contributed by atoms with Gasteiger partial charge in [-0.3, -0.25) is 0 Å². The molecule has 0 saturated carbocycles. The third kappa shape index (κ3) is 5.30. The summed E-state index contributed by atoms with van der Waals surface area (Å²) >= 11 is 0. The van der Waals surface area contributed by atoms with E-state index < -0.39 is 0 Å². The molecule has 1 saturated heterocycles. The summed E-state index contributed by atoms with van der Waals surface area (Å²) in [5, 5.41) is 0. The Hall–Kier alpha value is -3.85. The maximum atomic E-state index is 12.8. The number of carbonyl (C=O) groups is 1. The number of ether oxygens (including phenoxy) is 4. The van der Waals surface area contributed by atoms with Crippen molar-refractivity contribution in [1.82, 2.24) is 14.9 Å². The van der Waals surface area contributed by atoms with Gasteiger partial charge in [0.25, 0.3) is 0 Å². The van der Waals surface area contributed by atoms with Crippen LogP contribution in [0.15, 0.2) is 54.6 Å². The van der Waals surface area contributed by atoms with Gasteiger partial charge >= 0.3 is 6.09 Å². The number of methoxy groups -OCH3 is 1. The van der Waals surface area contributed by atoms with Crippen molar-refractivity contribution in [3.63, 3.8) is 0 Å². The molecule has 0 unspecified atom stereocenters. The Labute approximate surface area is 204 Å². The Morgan fingerprint density at radius 1 is 0.971 bits per heavy atom. The number of aromatic nitrogens is 2. The van der Waals surface area contributed by atoms with Gasteiger partial charge in [-0.05, 0) is 17.7 Å². The van der Waals surface area contributed by atoms with Gasteiger partial charge in [-0.2, -0.15) is 4.98 Å². The molecule has 0 aliphatic carbocycles. The van der Waals surface area contributed by atoms with Crippen LogP contribution in [0, 0.1) is 0 Å². The summed E-state index contributed by atoms with van der Waals surface area (Å²) in [5.41, 5.74) is 2.59. The third-order valence-corrected chi connectivity index (χ3v) is 6.04. The van der Waals surface area contributed by atoms with E-state index >= 15 is 0 Å². The molecule has 9 heteroatoms. The van der Waals surface area contributed by atoms with Gasteiger partial charge in [-0.25, -0.2) is 9.78 Å². The molecule has 1 amide bonds. The van der Waals surface area contributed by atoms with Crippen LogP contribution in [0.4, 0.5) is 10.7 Å². The van der Waals surface area contributed by atoms with Gasteiger partial charge in [0.05, 0.1) is 38.1 Å². The van der Waals surface area contributed by atoms with Gasteiger partial charge in [0.15, 0.2) is 11.5 Å². The number of amides is 1. The fourth-order valence-electron chi connectivity index (χ4n) is 4.13. The van der Waals surface area contributed by atoms with E-state index in [1.165, 1.54) is 0 Å². The first kappa shape index (κ1) is 22.9. The average molecular weight is 477 g/mol. The number of para-hydroxylation sites is 2. The highest BCUT2D eigenvalue weighted by molar-refractivity contribution is 5.68. The van der Waals surface area contributed by atoms with Crippen LogP contribution in [0.1, 0.15) is 16.8 Å². The monoisotopic (exact) mass is 476 g/mol. The molecule has 0 atom stereocenters. The number of carbonyl (C=O) groups excluding carboxylic acids is 1. The highest BCUT2D eigenvalue weighted by Crippen LogP contribution is 2.35. The number of hydrogen-bond donors (Lipinski definition) is 0. The molecule has 1 aromatic heterocycles. The Morgan fingerprint density at radius 2 is 1.71 bits per heavy atom. The van der Waals surface area contributed by atoms with E-state index in [1.54, 1.807) is 12.0 Å². The van der Waals surface area contributed by atoms with E-state index in [0.717, 1.165) is 16.8 Å². The second-order valence-electron chi connectivity index (χ2n) is 8.32. The van der Waals surface area contributed by atoms with Crippen molar-refractivity contribution in [3.05, 3.63) is 71.4 Å². The van der Waals surface area contributed by atoms with Crippen molar-refractivity contribution in [1.29, 1.82) is 0 Å². The molecule has 0 spiro atoms. The topological polar surface area (TPSA) is 86.3 Å². The van der Waals surface area contributed by atoms with Crippen LogP contribution < -0.4 is 14.4 Å². The maximum absolute atomic E-state index is 12.8. The first-order valence-electron chi connectivity index (χ1n) is 11.7. The van der Waals surface area contributed by atoms with Crippen LogP contribution in [0.5, 0.6) is 17.4 Å². The van der Waals surface area contributed by atoms with Crippen LogP contribution in [-0.4, -0.2) is 60.9 Å². The SMILES string of the molecule is COc1ccccc1Oc1nc(N2CCOCC2)nc2c1CN(C(=O)OCc1ccccc1)CC2. The zero-order chi connectivity index (χ0) is 24.0. The van der Waals surface area contributed by atoms with Crippen LogP contribution in [0.2, 0.25) is 0 Å². The lowest BCUT2D eigenvalue weighted by Gasteiger charge is -2.31. The van der Waals surface area contributed by atoms with Crippen molar-refractivity contribution in [3.8, 4) is 17.4 Å². The zero-order valence-corrected chi connectivity index (χ0v) is 19.7. The number of nitrogens with zero attached hydrogens (tertiary/aromatic N) is 4. The summed E-state index contributed by atoms with van der Waals surface area (Å²) in [6.45, 7) is 3.72. The standard InChI is InChI=1S/C26H28N4O5/c1-32-22-9-5-6-10-23(22)35-24-20-17-30(26(31)34-18-19-7-3-2-4-8-19)12-11-21(20)27-25(28-24)29-13-15-33-16-14-29/h2-10H,11-18H2,1H3. The molecule has 2 aromatic carbocycles. The third-order valence-electron chi connectivity index (χ3n) is 6.04. The van der Waals surface area contributed by atoms with Crippen molar-refractivity contribution in [2.75, 3.05) is 44.9 Å². The van der Waals surface area contributed by atoms with E-state index in [1.807, 2.05) is 54.6 Å². The Morgan fingerprint density at radius 3 is 2.49 bits per heavy atom. The minimum absolute atomic E-state index is 0.222. The molecule has 1 fully saturated rings. The van der Waals surface area contributed by atoms with Crippen LogP contribution >= 0.6 is 0 Å². The summed E-state index contributed by atoms with van der Waals surface area (Å²) in [4.78, 5) is 26.2. The van der Waals surface area contributed by atoms with Crippen molar-refractivity contribution >= 4 is 12.0 Å². The molecule has 182 valence electrons. The quantitative estimate of drug-likeness (QED) is 0.531. The molecule has 0 radical (unpaired) electrons. The Balaban J connectivity index is 1.40. The molecule has 0 N–H and O–H groups in total. The fourth-order valence-corrected chi connectivity index (χ4v) is 4.13. The van der Waals surface area contributed by atoms with Crippen molar-refractivity contribution in [2.24, 2.45) is 0 Å². The molecular weight excluding hydrogens is 448 g/mol. The van der Waals surface area contributed by atoms with Gasteiger partial charge in [0, 0.05) is 26.1 Å². The number of rotatable bonds is 6. The van der Waals surface area contributed by atoms with E-state index in [-0.39, 0.29) is 12.7 Å². The highest BCUT2D eigenvalue weighted by Gasteiger charge is 2.29.